The van der Waals surface area contributed by atoms with Gasteiger partial charge in [0.2, 0.25) is 5.91 Å². The Kier molecular flexibility index (Phi) is 5.18. The Bertz CT molecular complexity index is 918. The zero-order chi connectivity index (χ0) is 19.3. The number of anilines is 4. The summed E-state index contributed by atoms with van der Waals surface area (Å²) < 4.78 is 1.62. The molecule has 3 heterocycles. The van der Waals surface area contributed by atoms with Gasteiger partial charge in [-0.1, -0.05) is 0 Å². The smallest absolute Gasteiger partial charge is 0.248 e. The highest BCUT2D eigenvalue weighted by Crippen LogP contribution is 2.23. The summed E-state index contributed by atoms with van der Waals surface area (Å²) in [6.45, 7) is 3.94. The first-order chi connectivity index (χ1) is 13.7. The number of nitrogens with zero attached hydrogens (tertiary/aromatic N) is 5. The Morgan fingerprint density at radius 1 is 1.14 bits per heavy atom. The van der Waals surface area contributed by atoms with Gasteiger partial charge in [0, 0.05) is 42.9 Å². The van der Waals surface area contributed by atoms with E-state index in [0.29, 0.717) is 5.82 Å². The van der Waals surface area contributed by atoms with E-state index in [1.807, 2.05) is 37.3 Å². The first kappa shape index (κ1) is 18.0. The fourth-order valence-electron chi connectivity index (χ4n) is 3.23. The van der Waals surface area contributed by atoms with Crippen LogP contribution >= 0.6 is 0 Å². The molecule has 3 aromatic rings. The zero-order valence-electron chi connectivity index (χ0n) is 15.7. The molecule has 1 saturated heterocycles. The van der Waals surface area contributed by atoms with E-state index < -0.39 is 0 Å². The number of carbonyl (C=O) groups is 1. The minimum absolute atomic E-state index is 0.117. The minimum atomic E-state index is -0.378. The van der Waals surface area contributed by atoms with Gasteiger partial charge in [-0.25, -0.2) is 0 Å². The molecule has 8 heteroatoms. The molecule has 1 fully saturated rings. The summed E-state index contributed by atoms with van der Waals surface area (Å²) in [5.74, 6) is 0.585. The summed E-state index contributed by atoms with van der Waals surface area (Å²) in [5.41, 5.74) is 2.70. The Balaban J connectivity index is 1.38. The van der Waals surface area contributed by atoms with Gasteiger partial charge in [-0.3, -0.25) is 9.48 Å². The van der Waals surface area contributed by atoms with Gasteiger partial charge in [0.15, 0.2) is 5.82 Å². The second-order valence-electron chi connectivity index (χ2n) is 6.85. The minimum Gasteiger partial charge on any atom is -0.370 e. The normalized spacial score (nSPS) is 14.7. The molecular weight excluding hydrogens is 354 g/mol. The van der Waals surface area contributed by atoms with Crippen molar-refractivity contribution in [3.8, 4) is 0 Å². The molecular formula is C20H23N7O. The Morgan fingerprint density at radius 3 is 2.61 bits per heavy atom. The molecule has 2 aromatic heterocycles. The van der Waals surface area contributed by atoms with Gasteiger partial charge < -0.3 is 15.5 Å². The van der Waals surface area contributed by atoms with Crippen LogP contribution in [0.2, 0.25) is 0 Å². The first-order valence-electron chi connectivity index (χ1n) is 9.44. The number of rotatable bonds is 6. The molecule has 28 heavy (non-hydrogen) atoms. The van der Waals surface area contributed by atoms with Crippen LogP contribution in [0, 0.1) is 0 Å². The molecule has 1 aliphatic heterocycles. The fourth-order valence-corrected chi connectivity index (χ4v) is 3.23. The lowest BCUT2D eigenvalue weighted by molar-refractivity contribution is -0.119. The second kappa shape index (κ2) is 8.08. The predicted molar refractivity (Wildman–Crippen MR) is 109 cm³/mol. The van der Waals surface area contributed by atoms with E-state index in [2.05, 4.69) is 30.8 Å². The molecule has 0 aliphatic carbocycles. The maximum absolute atomic E-state index is 12.3. The summed E-state index contributed by atoms with van der Waals surface area (Å²) in [5, 5.41) is 18.5. The van der Waals surface area contributed by atoms with E-state index >= 15 is 0 Å². The van der Waals surface area contributed by atoms with Crippen molar-refractivity contribution in [2.45, 2.75) is 25.8 Å². The van der Waals surface area contributed by atoms with Gasteiger partial charge in [-0.2, -0.15) is 10.2 Å². The zero-order valence-corrected chi connectivity index (χ0v) is 15.7. The van der Waals surface area contributed by atoms with Crippen molar-refractivity contribution in [3.05, 3.63) is 55.0 Å². The third-order valence-corrected chi connectivity index (χ3v) is 4.84. The molecule has 0 spiro atoms. The largest absolute Gasteiger partial charge is 0.370 e. The second-order valence-corrected chi connectivity index (χ2v) is 6.85. The standard InChI is InChI=1S/C20H23N7O/c1-15(27-12-4-9-22-27)20(28)24-17-7-5-16(6-8-17)23-19-13-18(14-21-25-19)26-10-2-3-11-26/h4-9,12-15H,2-3,10-11H2,1H3,(H,23,25)(H,24,28). The van der Waals surface area contributed by atoms with Gasteiger partial charge in [0.05, 0.1) is 11.9 Å². The van der Waals surface area contributed by atoms with Gasteiger partial charge in [0.25, 0.3) is 0 Å². The Labute approximate surface area is 163 Å². The third kappa shape index (κ3) is 4.11. The van der Waals surface area contributed by atoms with Crippen molar-refractivity contribution in [2.75, 3.05) is 28.6 Å². The molecule has 1 unspecified atom stereocenters. The van der Waals surface area contributed by atoms with Crippen LogP contribution in [0.1, 0.15) is 25.8 Å². The van der Waals surface area contributed by atoms with Crippen molar-refractivity contribution in [3.63, 3.8) is 0 Å². The summed E-state index contributed by atoms with van der Waals surface area (Å²) in [6.07, 6.45) is 7.67. The van der Waals surface area contributed by atoms with Crippen LogP contribution < -0.4 is 15.5 Å². The number of aromatic nitrogens is 4. The van der Waals surface area contributed by atoms with E-state index in [4.69, 9.17) is 0 Å². The highest BCUT2D eigenvalue weighted by molar-refractivity contribution is 5.93. The molecule has 1 aromatic carbocycles. The summed E-state index contributed by atoms with van der Waals surface area (Å²) in [4.78, 5) is 14.7. The molecule has 4 rings (SSSR count). The monoisotopic (exact) mass is 377 g/mol. The van der Waals surface area contributed by atoms with E-state index in [9.17, 15) is 4.79 Å². The maximum atomic E-state index is 12.3. The molecule has 8 nitrogen and oxygen atoms in total. The lowest BCUT2D eigenvalue weighted by Crippen LogP contribution is -2.23. The number of carbonyl (C=O) groups excluding carboxylic acids is 1. The van der Waals surface area contributed by atoms with Crippen LogP contribution in [0.5, 0.6) is 0 Å². The molecule has 2 N–H and O–H groups in total. The van der Waals surface area contributed by atoms with E-state index in [0.717, 1.165) is 30.2 Å². The lowest BCUT2D eigenvalue weighted by atomic mass is 10.2. The van der Waals surface area contributed by atoms with E-state index in [1.54, 1.807) is 29.3 Å². The van der Waals surface area contributed by atoms with E-state index in [1.165, 1.54) is 12.8 Å². The van der Waals surface area contributed by atoms with Crippen molar-refractivity contribution in [1.82, 2.24) is 20.0 Å². The van der Waals surface area contributed by atoms with Crippen molar-refractivity contribution >= 4 is 28.8 Å². The summed E-state index contributed by atoms with van der Waals surface area (Å²) in [6, 6.07) is 10.9. The van der Waals surface area contributed by atoms with Crippen LogP contribution in [0.4, 0.5) is 22.9 Å². The molecule has 144 valence electrons. The van der Waals surface area contributed by atoms with Gasteiger partial charge in [0.1, 0.15) is 6.04 Å². The molecule has 0 saturated carbocycles. The summed E-state index contributed by atoms with van der Waals surface area (Å²) in [7, 11) is 0. The van der Waals surface area contributed by atoms with Crippen LogP contribution in [0.15, 0.2) is 55.0 Å². The molecule has 1 amide bonds. The Hall–Kier alpha value is -3.42. The number of amides is 1. The van der Waals surface area contributed by atoms with Gasteiger partial charge in [-0.05, 0) is 50.1 Å². The van der Waals surface area contributed by atoms with E-state index in [-0.39, 0.29) is 11.9 Å². The maximum Gasteiger partial charge on any atom is 0.248 e. The van der Waals surface area contributed by atoms with Crippen molar-refractivity contribution in [2.24, 2.45) is 0 Å². The third-order valence-electron chi connectivity index (χ3n) is 4.84. The average Bonchev–Trinajstić information content (AvgIpc) is 3.43. The number of benzene rings is 1. The number of hydrogen-bond acceptors (Lipinski definition) is 6. The first-order valence-corrected chi connectivity index (χ1v) is 9.44. The quantitative estimate of drug-likeness (QED) is 0.686. The fraction of sp³-hybridized carbons (Fsp3) is 0.300. The molecule has 0 radical (unpaired) electrons. The van der Waals surface area contributed by atoms with Crippen molar-refractivity contribution < 1.29 is 4.79 Å². The predicted octanol–water partition coefficient (Wildman–Crippen LogP) is 3.22. The Morgan fingerprint density at radius 2 is 1.89 bits per heavy atom. The highest BCUT2D eigenvalue weighted by atomic mass is 16.2. The van der Waals surface area contributed by atoms with Crippen LogP contribution in [-0.2, 0) is 4.79 Å². The van der Waals surface area contributed by atoms with Crippen LogP contribution in [0.3, 0.4) is 0 Å². The lowest BCUT2D eigenvalue weighted by Gasteiger charge is -2.17. The summed E-state index contributed by atoms with van der Waals surface area (Å²) >= 11 is 0. The van der Waals surface area contributed by atoms with Gasteiger partial charge in [-0.15, -0.1) is 5.10 Å². The van der Waals surface area contributed by atoms with Gasteiger partial charge >= 0.3 is 0 Å². The highest BCUT2D eigenvalue weighted by Gasteiger charge is 2.15. The molecule has 1 atom stereocenters. The van der Waals surface area contributed by atoms with Crippen LogP contribution in [-0.4, -0.2) is 39.0 Å². The number of nitrogens with one attached hydrogen (secondary N) is 2. The van der Waals surface area contributed by atoms with Crippen molar-refractivity contribution in [1.29, 1.82) is 0 Å². The molecule has 1 aliphatic rings. The molecule has 0 bridgehead atoms. The SMILES string of the molecule is CC(C(=O)Nc1ccc(Nc2cc(N3CCCC3)cnn2)cc1)n1cccn1. The van der Waals surface area contributed by atoms with Crippen LogP contribution in [0.25, 0.3) is 0 Å². The average molecular weight is 377 g/mol. The topological polar surface area (TPSA) is 88.0 Å². The number of hydrogen-bond donors (Lipinski definition) is 2.